The lowest BCUT2D eigenvalue weighted by Gasteiger charge is -2.25. The largest absolute Gasteiger partial charge is 0.389 e. The zero-order valence-corrected chi connectivity index (χ0v) is 12.1. The van der Waals surface area contributed by atoms with Crippen molar-refractivity contribution in [3.63, 3.8) is 0 Å². The third-order valence-corrected chi connectivity index (χ3v) is 3.99. The van der Waals surface area contributed by atoms with Crippen LogP contribution in [-0.2, 0) is 0 Å². The minimum atomic E-state index is -0.404. The van der Waals surface area contributed by atoms with E-state index in [1.165, 1.54) is 18.5 Å². The maximum absolute atomic E-state index is 9.56. The number of hydrogen-bond donors (Lipinski definition) is 1. The quantitative estimate of drug-likeness (QED) is 0.895. The van der Waals surface area contributed by atoms with Crippen LogP contribution in [0.3, 0.4) is 0 Å². The molecule has 0 aromatic heterocycles. The first-order valence-electron chi connectivity index (χ1n) is 6.34. The van der Waals surface area contributed by atoms with Crippen molar-refractivity contribution in [2.75, 3.05) is 18.0 Å². The smallest absolute Gasteiger partial charge is 0.0762 e. The maximum Gasteiger partial charge on any atom is 0.0762 e. The van der Waals surface area contributed by atoms with Crippen LogP contribution in [0.2, 0.25) is 0 Å². The predicted octanol–water partition coefficient (Wildman–Crippen LogP) is 3.74. The van der Waals surface area contributed by atoms with Gasteiger partial charge >= 0.3 is 0 Å². The Balaban J connectivity index is 2.17. The number of halogens is 1. The molecule has 2 rings (SSSR count). The highest BCUT2D eigenvalue weighted by atomic mass is 79.9. The number of hydrogen-bond acceptors (Lipinski definition) is 2. The van der Waals surface area contributed by atoms with E-state index in [-0.39, 0.29) is 0 Å². The first kappa shape index (κ1) is 12.9. The molecule has 17 heavy (non-hydrogen) atoms. The zero-order chi connectivity index (χ0) is 12.4. The summed E-state index contributed by atoms with van der Waals surface area (Å²) in [6.07, 6.45) is 2.35. The Bertz CT molecular complexity index is 388. The number of nitrogens with zero attached hydrogens (tertiary/aromatic N) is 1. The number of anilines is 1. The molecule has 1 unspecified atom stereocenters. The minimum absolute atomic E-state index is 0.404. The lowest BCUT2D eigenvalue weighted by molar-refractivity contribution is 0.199. The van der Waals surface area contributed by atoms with Crippen LogP contribution in [0.25, 0.3) is 0 Å². The molecule has 0 heterocycles. The van der Waals surface area contributed by atoms with E-state index in [9.17, 15) is 5.11 Å². The van der Waals surface area contributed by atoms with Gasteiger partial charge in [0.2, 0.25) is 0 Å². The molecular weight excluding hydrogens is 278 g/mol. The summed E-state index contributed by atoms with van der Waals surface area (Å²) in [5.41, 5.74) is 2.20. The van der Waals surface area contributed by atoms with Crippen LogP contribution in [-0.4, -0.2) is 18.2 Å². The summed E-state index contributed by atoms with van der Waals surface area (Å²) < 4.78 is 1.08. The fourth-order valence-electron chi connectivity index (χ4n) is 2.05. The third kappa shape index (κ3) is 3.23. The Hall–Kier alpha value is -0.540. The van der Waals surface area contributed by atoms with Gasteiger partial charge in [-0.05, 0) is 66.2 Å². The van der Waals surface area contributed by atoms with Gasteiger partial charge in [0, 0.05) is 17.6 Å². The molecule has 1 fully saturated rings. The molecule has 0 saturated heterocycles. The normalized spacial score (nSPS) is 16.9. The van der Waals surface area contributed by atoms with Crippen molar-refractivity contribution in [3.05, 3.63) is 28.2 Å². The van der Waals surface area contributed by atoms with Gasteiger partial charge in [-0.1, -0.05) is 6.07 Å². The highest BCUT2D eigenvalue weighted by molar-refractivity contribution is 9.10. The monoisotopic (exact) mass is 297 g/mol. The lowest BCUT2D eigenvalue weighted by Crippen LogP contribution is -2.25. The van der Waals surface area contributed by atoms with Crippen LogP contribution in [0.5, 0.6) is 0 Å². The fraction of sp³-hybridized carbons (Fsp3) is 0.571. The molecule has 1 aromatic carbocycles. The molecule has 0 spiro atoms. The highest BCUT2D eigenvalue weighted by Gasteiger charge is 2.24. The van der Waals surface area contributed by atoms with E-state index in [4.69, 9.17) is 0 Å². The van der Waals surface area contributed by atoms with E-state index in [1.54, 1.807) is 6.92 Å². The van der Waals surface area contributed by atoms with Crippen molar-refractivity contribution in [2.24, 2.45) is 5.92 Å². The number of aliphatic hydroxyl groups excluding tert-OH is 1. The van der Waals surface area contributed by atoms with Gasteiger partial charge in [-0.15, -0.1) is 0 Å². The molecule has 1 aliphatic rings. The molecule has 0 amide bonds. The first-order valence-corrected chi connectivity index (χ1v) is 7.13. The van der Waals surface area contributed by atoms with Crippen LogP contribution in [0, 0.1) is 5.92 Å². The van der Waals surface area contributed by atoms with Gasteiger partial charge < -0.3 is 10.0 Å². The molecule has 94 valence electrons. The molecule has 0 aliphatic heterocycles. The summed E-state index contributed by atoms with van der Waals surface area (Å²) in [6, 6.07) is 6.15. The van der Waals surface area contributed by atoms with E-state index in [1.807, 2.05) is 12.1 Å². The van der Waals surface area contributed by atoms with Crippen molar-refractivity contribution in [1.29, 1.82) is 0 Å². The summed E-state index contributed by atoms with van der Waals surface area (Å²) in [7, 11) is 0. The van der Waals surface area contributed by atoms with Crippen molar-refractivity contribution < 1.29 is 5.11 Å². The van der Waals surface area contributed by atoms with E-state index < -0.39 is 6.10 Å². The first-order chi connectivity index (χ1) is 8.11. The number of benzene rings is 1. The van der Waals surface area contributed by atoms with Gasteiger partial charge in [-0.3, -0.25) is 0 Å². The van der Waals surface area contributed by atoms with Gasteiger partial charge in [0.1, 0.15) is 0 Å². The SMILES string of the molecule is CCN(CC1CC1)c1ccc(C(C)O)cc1Br. The van der Waals surface area contributed by atoms with Crippen LogP contribution in [0.1, 0.15) is 38.4 Å². The van der Waals surface area contributed by atoms with Gasteiger partial charge in [0.15, 0.2) is 0 Å². The lowest BCUT2D eigenvalue weighted by atomic mass is 10.1. The molecule has 3 heteroatoms. The Kier molecular flexibility index (Phi) is 4.10. The molecule has 1 saturated carbocycles. The zero-order valence-electron chi connectivity index (χ0n) is 10.5. The van der Waals surface area contributed by atoms with Crippen molar-refractivity contribution >= 4 is 21.6 Å². The van der Waals surface area contributed by atoms with Crippen LogP contribution >= 0.6 is 15.9 Å². The standard InChI is InChI=1S/C14H20BrNO/c1-3-16(9-11-4-5-11)14-7-6-12(10(2)17)8-13(14)15/h6-8,10-11,17H,3-5,9H2,1-2H3. The minimum Gasteiger partial charge on any atom is -0.389 e. The maximum atomic E-state index is 9.56. The van der Waals surface area contributed by atoms with Crippen LogP contribution in [0.15, 0.2) is 22.7 Å². The second-order valence-electron chi connectivity index (χ2n) is 4.87. The number of rotatable bonds is 5. The highest BCUT2D eigenvalue weighted by Crippen LogP contribution is 2.34. The molecule has 2 nitrogen and oxygen atoms in total. The van der Waals surface area contributed by atoms with E-state index in [0.717, 1.165) is 29.0 Å². The average molecular weight is 298 g/mol. The summed E-state index contributed by atoms with van der Waals surface area (Å²) >= 11 is 3.61. The number of aliphatic hydroxyl groups is 1. The van der Waals surface area contributed by atoms with Gasteiger partial charge in [0.05, 0.1) is 11.8 Å². The molecule has 1 aliphatic carbocycles. The molecular formula is C14H20BrNO. The summed E-state index contributed by atoms with van der Waals surface area (Å²) in [4.78, 5) is 2.41. The van der Waals surface area contributed by atoms with E-state index in [0.29, 0.717) is 0 Å². The Labute approximate surface area is 112 Å². The topological polar surface area (TPSA) is 23.5 Å². The summed E-state index contributed by atoms with van der Waals surface area (Å²) in [5, 5.41) is 9.56. The predicted molar refractivity (Wildman–Crippen MR) is 75.4 cm³/mol. The van der Waals surface area contributed by atoms with Crippen LogP contribution < -0.4 is 4.90 Å². The second-order valence-corrected chi connectivity index (χ2v) is 5.72. The van der Waals surface area contributed by atoms with Crippen LogP contribution in [0.4, 0.5) is 5.69 Å². The van der Waals surface area contributed by atoms with Gasteiger partial charge in [-0.2, -0.15) is 0 Å². The molecule has 1 atom stereocenters. The molecule has 0 radical (unpaired) electrons. The Morgan fingerprint density at radius 2 is 2.18 bits per heavy atom. The van der Waals surface area contributed by atoms with Crippen molar-refractivity contribution in [3.8, 4) is 0 Å². The summed E-state index contributed by atoms with van der Waals surface area (Å²) in [5.74, 6) is 0.887. The third-order valence-electron chi connectivity index (χ3n) is 3.35. The van der Waals surface area contributed by atoms with E-state index in [2.05, 4.69) is 33.8 Å². The fourth-order valence-corrected chi connectivity index (χ4v) is 2.70. The Morgan fingerprint density at radius 3 is 2.65 bits per heavy atom. The molecule has 1 aromatic rings. The van der Waals surface area contributed by atoms with Crippen molar-refractivity contribution in [2.45, 2.75) is 32.8 Å². The molecule has 1 N–H and O–H groups in total. The Morgan fingerprint density at radius 1 is 1.47 bits per heavy atom. The van der Waals surface area contributed by atoms with Crippen molar-refractivity contribution in [1.82, 2.24) is 0 Å². The average Bonchev–Trinajstić information content (AvgIpc) is 3.10. The van der Waals surface area contributed by atoms with E-state index >= 15 is 0 Å². The van der Waals surface area contributed by atoms with Gasteiger partial charge in [0.25, 0.3) is 0 Å². The second kappa shape index (κ2) is 5.40. The summed E-state index contributed by atoms with van der Waals surface area (Å²) in [6.45, 7) is 6.17. The van der Waals surface area contributed by atoms with Gasteiger partial charge in [-0.25, -0.2) is 0 Å². The molecule has 0 bridgehead atoms.